The predicted molar refractivity (Wildman–Crippen MR) is 119 cm³/mol. The van der Waals surface area contributed by atoms with E-state index in [1.807, 2.05) is 35.7 Å². The molecule has 6 nitrogen and oxygen atoms in total. The average Bonchev–Trinajstić information content (AvgIpc) is 3.24. The molecule has 0 bridgehead atoms. The molecule has 0 aliphatic carbocycles. The van der Waals surface area contributed by atoms with E-state index in [9.17, 15) is 9.59 Å². The van der Waals surface area contributed by atoms with Crippen molar-refractivity contribution in [1.29, 1.82) is 0 Å². The molecular formula is C23H22N4O2S. The van der Waals surface area contributed by atoms with Crippen LogP contribution in [0.4, 0.5) is 0 Å². The molecule has 4 rings (SSSR count). The molecule has 1 amide bonds. The van der Waals surface area contributed by atoms with Crippen molar-refractivity contribution in [1.82, 2.24) is 20.1 Å². The second-order valence-electron chi connectivity index (χ2n) is 7.36. The van der Waals surface area contributed by atoms with Gasteiger partial charge in [0.25, 0.3) is 11.5 Å². The standard InChI is InChI=1S/C23H22N4O2S/c1-15(2)22-25-17(14-30-22)12-24-21(28)20-18-10-6-7-11-19(18)23(29)27(26-20)13-16-8-4-3-5-9-16/h3-11,14-15H,12-13H2,1-2H3,(H,24,28). The number of carbonyl (C=O) groups is 1. The van der Waals surface area contributed by atoms with Gasteiger partial charge in [0.1, 0.15) is 0 Å². The topological polar surface area (TPSA) is 76.9 Å². The molecule has 0 saturated heterocycles. The maximum Gasteiger partial charge on any atom is 0.274 e. The van der Waals surface area contributed by atoms with E-state index in [1.54, 1.807) is 35.6 Å². The maximum absolute atomic E-state index is 13.0. The molecule has 0 spiro atoms. The number of hydrogen-bond acceptors (Lipinski definition) is 5. The molecule has 0 aliphatic heterocycles. The Bertz CT molecular complexity index is 1250. The van der Waals surface area contributed by atoms with E-state index >= 15 is 0 Å². The molecular weight excluding hydrogens is 396 g/mol. The van der Waals surface area contributed by atoms with Crippen molar-refractivity contribution in [2.75, 3.05) is 0 Å². The lowest BCUT2D eigenvalue weighted by molar-refractivity contribution is 0.0945. The fourth-order valence-electron chi connectivity index (χ4n) is 3.19. The number of carbonyl (C=O) groups excluding carboxylic acids is 1. The van der Waals surface area contributed by atoms with Gasteiger partial charge >= 0.3 is 0 Å². The summed E-state index contributed by atoms with van der Waals surface area (Å²) in [5.74, 6) is 0.0266. The Kier molecular flexibility index (Phi) is 5.72. The highest BCUT2D eigenvalue weighted by atomic mass is 32.1. The lowest BCUT2D eigenvalue weighted by Crippen LogP contribution is -2.30. The van der Waals surface area contributed by atoms with E-state index in [1.165, 1.54) is 4.68 Å². The summed E-state index contributed by atoms with van der Waals surface area (Å²) in [4.78, 5) is 30.4. The molecule has 1 N–H and O–H groups in total. The molecule has 2 heterocycles. The number of thiazole rings is 1. The Morgan fingerprint density at radius 1 is 1.07 bits per heavy atom. The molecule has 0 aliphatic rings. The molecule has 152 valence electrons. The number of fused-ring (bicyclic) bond motifs is 1. The van der Waals surface area contributed by atoms with Gasteiger partial charge in [-0.2, -0.15) is 5.10 Å². The van der Waals surface area contributed by atoms with Gasteiger partial charge in [0.05, 0.1) is 29.2 Å². The third-order valence-corrected chi connectivity index (χ3v) is 5.95. The van der Waals surface area contributed by atoms with Crippen molar-refractivity contribution in [3.05, 3.63) is 92.3 Å². The second kappa shape index (κ2) is 8.59. The highest BCUT2D eigenvalue weighted by Gasteiger charge is 2.17. The first kappa shape index (κ1) is 20.0. The van der Waals surface area contributed by atoms with Crippen LogP contribution in [0.1, 0.15) is 46.5 Å². The third kappa shape index (κ3) is 4.16. The van der Waals surface area contributed by atoms with Crippen LogP contribution in [0.5, 0.6) is 0 Å². The number of aromatic nitrogens is 3. The highest BCUT2D eigenvalue weighted by molar-refractivity contribution is 7.09. The number of amides is 1. The first-order valence-corrected chi connectivity index (χ1v) is 10.7. The monoisotopic (exact) mass is 418 g/mol. The van der Waals surface area contributed by atoms with Crippen LogP contribution in [0.2, 0.25) is 0 Å². The Labute approximate surface area is 178 Å². The van der Waals surface area contributed by atoms with Gasteiger partial charge < -0.3 is 5.32 Å². The Morgan fingerprint density at radius 3 is 2.47 bits per heavy atom. The summed E-state index contributed by atoms with van der Waals surface area (Å²) in [7, 11) is 0. The summed E-state index contributed by atoms with van der Waals surface area (Å²) in [6, 6.07) is 16.7. The van der Waals surface area contributed by atoms with Gasteiger partial charge in [-0.15, -0.1) is 11.3 Å². The summed E-state index contributed by atoms with van der Waals surface area (Å²) in [5.41, 5.74) is 1.78. The van der Waals surface area contributed by atoms with Crippen molar-refractivity contribution < 1.29 is 4.79 Å². The van der Waals surface area contributed by atoms with Crippen molar-refractivity contribution in [2.24, 2.45) is 0 Å². The molecule has 0 radical (unpaired) electrons. The Morgan fingerprint density at radius 2 is 1.77 bits per heavy atom. The van der Waals surface area contributed by atoms with E-state index in [2.05, 4.69) is 29.2 Å². The molecule has 2 aromatic heterocycles. The molecule has 30 heavy (non-hydrogen) atoms. The zero-order chi connectivity index (χ0) is 21.1. The smallest absolute Gasteiger partial charge is 0.274 e. The molecule has 0 saturated carbocycles. The first-order chi connectivity index (χ1) is 14.5. The molecule has 4 aromatic rings. The largest absolute Gasteiger partial charge is 0.345 e. The van der Waals surface area contributed by atoms with Crippen LogP contribution in [-0.4, -0.2) is 20.7 Å². The molecule has 0 unspecified atom stereocenters. The second-order valence-corrected chi connectivity index (χ2v) is 8.25. The van der Waals surface area contributed by atoms with Gasteiger partial charge in [0.2, 0.25) is 0 Å². The zero-order valence-electron chi connectivity index (χ0n) is 16.8. The zero-order valence-corrected chi connectivity index (χ0v) is 17.6. The molecule has 0 atom stereocenters. The normalized spacial score (nSPS) is 11.2. The van der Waals surface area contributed by atoms with Gasteiger partial charge in [0.15, 0.2) is 5.69 Å². The highest BCUT2D eigenvalue weighted by Crippen LogP contribution is 2.19. The van der Waals surface area contributed by atoms with E-state index in [-0.39, 0.29) is 17.2 Å². The summed E-state index contributed by atoms with van der Waals surface area (Å²) in [6.07, 6.45) is 0. The molecule has 7 heteroatoms. The van der Waals surface area contributed by atoms with Crippen LogP contribution in [0.3, 0.4) is 0 Å². The molecule has 0 fully saturated rings. The van der Waals surface area contributed by atoms with E-state index in [0.29, 0.717) is 29.8 Å². The van der Waals surface area contributed by atoms with Crippen LogP contribution in [0.15, 0.2) is 64.8 Å². The number of hydrogen-bond donors (Lipinski definition) is 1. The number of benzene rings is 2. The van der Waals surface area contributed by atoms with E-state index < -0.39 is 0 Å². The fourth-order valence-corrected chi connectivity index (χ4v) is 4.02. The SMILES string of the molecule is CC(C)c1nc(CNC(=O)c2nn(Cc3ccccc3)c(=O)c3ccccc23)cs1. The van der Waals surface area contributed by atoms with Gasteiger partial charge in [-0.05, 0) is 11.6 Å². The van der Waals surface area contributed by atoms with Crippen LogP contribution < -0.4 is 10.9 Å². The Hall–Kier alpha value is -3.32. The first-order valence-electron chi connectivity index (χ1n) is 9.79. The fraction of sp³-hybridized carbons (Fsp3) is 0.217. The number of nitrogens with one attached hydrogen (secondary N) is 1. The lowest BCUT2D eigenvalue weighted by Gasteiger charge is -2.11. The van der Waals surface area contributed by atoms with Gasteiger partial charge in [0, 0.05) is 16.7 Å². The van der Waals surface area contributed by atoms with Crippen LogP contribution >= 0.6 is 11.3 Å². The summed E-state index contributed by atoms with van der Waals surface area (Å²) in [5, 5.41) is 11.3. The minimum absolute atomic E-state index is 0.216. The predicted octanol–water partition coefficient (Wildman–Crippen LogP) is 3.95. The van der Waals surface area contributed by atoms with Gasteiger partial charge in [-0.1, -0.05) is 62.4 Å². The summed E-state index contributed by atoms with van der Waals surface area (Å²) in [6.45, 7) is 4.80. The van der Waals surface area contributed by atoms with E-state index in [0.717, 1.165) is 16.3 Å². The van der Waals surface area contributed by atoms with Crippen LogP contribution in [0.25, 0.3) is 10.8 Å². The quantitative estimate of drug-likeness (QED) is 0.514. The van der Waals surface area contributed by atoms with E-state index in [4.69, 9.17) is 0 Å². The number of nitrogens with zero attached hydrogens (tertiary/aromatic N) is 3. The van der Waals surface area contributed by atoms with Crippen LogP contribution in [0, 0.1) is 0 Å². The van der Waals surface area contributed by atoms with Crippen molar-refractivity contribution in [2.45, 2.75) is 32.9 Å². The summed E-state index contributed by atoms with van der Waals surface area (Å²) < 4.78 is 1.35. The maximum atomic E-state index is 13.0. The Balaban J connectivity index is 1.65. The van der Waals surface area contributed by atoms with Gasteiger partial charge in [-0.25, -0.2) is 9.67 Å². The molecule has 2 aromatic carbocycles. The number of rotatable bonds is 6. The third-order valence-electron chi connectivity index (χ3n) is 4.75. The lowest BCUT2D eigenvalue weighted by atomic mass is 10.1. The van der Waals surface area contributed by atoms with Crippen LogP contribution in [-0.2, 0) is 13.1 Å². The van der Waals surface area contributed by atoms with Gasteiger partial charge in [-0.3, -0.25) is 9.59 Å². The minimum Gasteiger partial charge on any atom is -0.345 e. The van der Waals surface area contributed by atoms with Crippen molar-refractivity contribution >= 4 is 28.0 Å². The summed E-state index contributed by atoms with van der Waals surface area (Å²) >= 11 is 1.59. The minimum atomic E-state index is -0.327. The van der Waals surface area contributed by atoms with Crippen molar-refractivity contribution in [3.8, 4) is 0 Å². The van der Waals surface area contributed by atoms with Crippen molar-refractivity contribution in [3.63, 3.8) is 0 Å². The average molecular weight is 419 g/mol.